The minimum absolute atomic E-state index is 0.0441. The fourth-order valence-corrected chi connectivity index (χ4v) is 2.92. The predicted octanol–water partition coefficient (Wildman–Crippen LogP) is 4.59. The van der Waals surface area contributed by atoms with Gasteiger partial charge in [-0.1, -0.05) is 45.0 Å². The van der Waals surface area contributed by atoms with E-state index in [0.717, 1.165) is 5.56 Å². The summed E-state index contributed by atoms with van der Waals surface area (Å²) >= 11 is 0. The number of carboxylic acids is 1. The molecule has 154 valence electrons. The number of aromatic carboxylic acids is 1. The van der Waals surface area contributed by atoms with E-state index < -0.39 is 16.9 Å². The number of carboxylic acid groups (broad SMARTS) is 1. The molecule has 0 saturated heterocycles. The first-order valence-electron chi connectivity index (χ1n) is 9.39. The normalized spacial score (nSPS) is 12.3. The van der Waals surface area contributed by atoms with Crippen LogP contribution in [0.3, 0.4) is 0 Å². The number of hydrogen-bond acceptors (Lipinski definition) is 4. The number of nitrogens with one attached hydrogen (secondary N) is 1. The van der Waals surface area contributed by atoms with Gasteiger partial charge >= 0.3 is 5.97 Å². The monoisotopic (exact) mass is 398 g/mol. The minimum atomic E-state index is -1.17. The van der Waals surface area contributed by atoms with Gasteiger partial charge in [-0.25, -0.2) is 4.79 Å². The van der Waals surface area contributed by atoms with E-state index in [9.17, 15) is 19.7 Å². The molecule has 2 aromatic carbocycles. The van der Waals surface area contributed by atoms with Gasteiger partial charge in [-0.3, -0.25) is 14.9 Å². The number of carbonyl (C=O) groups is 2. The molecule has 0 radical (unpaired) electrons. The van der Waals surface area contributed by atoms with E-state index in [1.54, 1.807) is 0 Å². The predicted molar refractivity (Wildman–Crippen MR) is 111 cm³/mol. The summed E-state index contributed by atoms with van der Waals surface area (Å²) in [7, 11) is 0. The highest BCUT2D eigenvalue weighted by Crippen LogP contribution is 2.27. The number of benzene rings is 2. The molecule has 7 heteroatoms. The Labute approximate surface area is 169 Å². The highest BCUT2D eigenvalue weighted by molar-refractivity contribution is 5.95. The van der Waals surface area contributed by atoms with Crippen LogP contribution in [0.1, 0.15) is 67.2 Å². The fourth-order valence-electron chi connectivity index (χ4n) is 2.92. The molecule has 0 aromatic heterocycles. The van der Waals surface area contributed by atoms with Crippen LogP contribution in [0.2, 0.25) is 0 Å². The summed E-state index contributed by atoms with van der Waals surface area (Å²) in [6.07, 6.45) is 0.688. The van der Waals surface area contributed by atoms with Crippen LogP contribution in [0, 0.1) is 10.1 Å². The molecule has 7 nitrogen and oxygen atoms in total. The quantitative estimate of drug-likeness (QED) is 0.523. The molecule has 1 unspecified atom stereocenters. The molecule has 0 bridgehead atoms. The van der Waals surface area contributed by atoms with E-state index in [4.69, 9.17) is 5.11 Å². The average Bonchev–Trinajstić information content (AvgIpc) is 2.65. The lowest BCUT2D eigenvalue weighted by Gasteiger charge is -2.19. The standard InChI is InChI=1S/C22H26N2O5/c1-14(24(28)29)18-11-8-16(21(26)27)13-19(18)23-20(25)12-7-15-5-9-17(10-6-15)22(2,3)4/h5-6,8-11,13-14H,7,12H2,1-4H3,(H,23,25)(H,26,27). The number of amides is 1. The third-order valence-electron chi connectivity index (χ3n) is 4.80. The SMILES string of the molecule is CC(c1ccc(C(=O)O)cc1NC(=O)CCc1ccc(C(C)(C)C)cc1)[N+](=O)[O-]. The number of aryl methyl sites for hydroxylation is 1. The van der Waals surface area contributed by atoms with Crippen LogP contribution in [-0.4, -0.2) is 21.9 Å². The van der Waals surface area contributed by atoms with Crippen LogP contribution < -0.4 is 5.32 Å². The van der Waals surface area contributed by atoms with Gasteiger partial charge in [0.25, 0.3) is 0 Å². The number of nitrogens with zero attached hydrogens (tertiary/aromatic N) is 1. The number of anilines is 1. The molecule has 1 amide bonds. The summed E-state index contributed by atoms with van der Waals surface area (Å²) < 4.78 is 0. The van der Waals surface area contributed by atoms with E-state index >= 15 is 0 Å². The Morgan fingerprint density at radius 2 is 1.76 bits per heavy atom. The number of rotatable bonds is 7. The van der Waals surface area contributed by atoms with Crippen LogP contribution in [0.4, 0.5) is 5.69 Å². The van der Waals surface area contributed by atoms with Crippen LogP contribution in [0.25, 0.3) is 0 Å². The fraction of sp³-hybridized carbons (Fsp3) is 0.364. The van der Waals surface area contributed by atoms with Crippen molar-refractivity contribution in [3.05, 3.63) is 74.8 Å². The summed E-state index contributed by atoms with van der Waals surface area (Å²) in [6, 6.07) is 10.9. The molecule has 0 aliphatic heterocycles. The van der Waals surface area contributed by atoms with Gasteiger partial charge in [-0.2, -0.15) is 0 Å². The summed E-state index contributed by atoms with van der Waals surface area (Å²) in [5, 5.41) is 22.9. The van der Waals surface area contributed by atoms with Crippen molar-refractivity contribution in [2.24, 2.45) is 0 Å². The Morgan fingerprint density at radius 1 is 1.14 bits per heavy atom. The van der Waals surface area contributed by atoms with Crippen molar-refractivity contribution >= 4 is 17.6 Å². The number of carbonyl (C=O) groups excluding carboxylic acids is 1. The van der Waals surface area contributed by atoms with Crippen molar-refractivity contribution in [2.45, 2.75) is 52.0 Å². The van der Waals surface area contributed by atoms with E-state index in [1.165, 1.54) is 30.7 Å². The second-order valence-corrected chi connectivity index (χ2v) is 8.06. The Hall–Kier alpha value is -3.22. The van der Waals surface area contributed by atoms with E-state index in [1.807, 2.05) is 24.3 Å². The van der Waals surface area contributed by atoms with Crippen molar-refractivity contribution in [3.63, 3.8) is 0 Å². The molecule has 0 aliphatic rings. The molecule has 29 heavy (non-hydrogen) atoms. The first-order valence-corrected chi connectivity index (χ1v) is 9.39. The highest BCUT2D eigenvalue weighted by atomic mass is 16.6. The van der Waals surface area contributed by atoms with Gasteiger partial charge in [0.2, 0.25) is 11.9 Å². The number of nitro groups is 1. The van der Waals surface area contributed by atoms with E-state index in [0.29, 0.717) is 6.42 Å². The Morgan fingerprint density at radius 3 is 2.28 bits per heavy atom. The molecular weight excluding hydrogens is 372 g/mol. The van der Waals surface area contributed by atoms with Crippen molar-refractivity contribution in [2.75, 3.05) is 5.32 Å². The van der Waals surface area contributed by atoms with E-state index in [-0.39, 0.29) is 34.6 Å². The van der Waals surface area contributed by atoms with Gasteiger partial charge in [0.15, 0.2) is 0 Å². The zero-order valence-electron chi connectivity index (χ0n) is 17.1. The maximum atomic E-state index is 12.4. The highest BCUT2D eigenvalue weighted by Gasteiger charge is 2.22. The van der Waals surface area contributed by atoms with E-state index in [2.05, 4.69) is 26.1 Å². The Balaban J connectivity index is 2.12. The summed E-state index contributed by atoms with van der Waals surface area (Å²) in [5.41, 5.74) is 2.64. The molecule has 0 saturated carbocycles. The van der Waals surface area contributed by atoms with Gasteiger partial charge in [-0.15, -0.1) is 0 Å². The van der Waals surface area contributed by atoms with Gasteiger partial charge in [0.1, 0.15) is 0 Å². The molecule has 0 spiro atoms. The molecular formula is C22H26N2O5. The van der Waals surface area contributed by atoms with Gasteiger partial charge in [0, 0.05) is 23.8 Å². The zero-order valence-corrected chi connectivity index (χ0v) is 17.1. The third kappa shape index (κ3) is 5.88. The van der Waals surface area contributed by atoms with Gasteiger partial charge in [-0.05, 0) is 41.2 Å². The Kier molecular flexibility index (Phi) is 6.74. The van der Waals surface area contributed by atoms with Crippen LogP contribution in [-0.2, 0) is 16.6 Å². The smallest absolute Gasteiger partial charge is 0.335 e. The molecule has 1 atom stereocenters. The third-order valence-corrected chi connectivity index (χ3v) is 4.80. The van der Waals surface area contributed by atoms with Crippen LogP contribution in [0.5, 0.6) is 0 Å². The molecule has 0 heterocycles. The van der Waals surface area contributed by atoms with Crippen LogP contribution >= 0.6 is 0 Å². The summed E-state index contributed by atoms with van der Waals surface area (Å²) in [5.74, 6) is -1.50. The zero-order chi connectivity index (χ0) is 21.8. The number of hydrogen-bond donors (Lipinski definition) is 2. The van der Waals surface area contributed by atoms with Crippen molar-refractivity contribution in [1.82, 2.24) is 0 Å². The molecule has 2 rings (SSSR count). The maximum Gasteiger partial charge on any atom is 0.335 e. The lowest BCUT2D eigenvalue weighted by Crippen LogP contribution is -2.17. The topological polar surface area (TPSA) is 110 Å². The minimum Gasteiger partial charge on any atom is -0.478 e. The first kappa shape index (κ1) is 22.1. The summed E-state index contributed by atoms with van der Waals surface area (Å²) in [6.45, 7) is 7.78. The van der Waals surface area contributed by atoms with Gasteiger partial charge in [0.05, 0.1) is 11.3 Å². The molecule has 2 N–H and O–H groups in total. The maximum absolute atomic E-state index is 12.4. The molecule has 0 aliphatic carbocycles. The Bertz CT molecular complexity index is 914. The van der Waals surface area contributed by atoms with Crippen molar-refractivity contribution in [3.8, 4) is 0 Å². The second-order valence-electron chi connectivity index (χ2n) is 8.06. The van der Waals surface area contributed by atoms with Crippen molar-refractivity contribution in [1.29, 1.82) is 0 Å². The first-order chi connectivity index (χ1) is 13.5. The lowest BCUT2D eigenvalue weighted by molar-refractivity contribution is -0.524. The summed E-state index contributed by atoms with van der Waals surface area (Å²) in [4.78, 5) is 34.3. The molecule has 2 aromatic rings. The molecule has 0 fully saturated rings. The van der Waals surface area contributed by atoms with Crippen LogP contribution in [0.15, 0.2) is 42.5 Å². The van der Waals surface area contributed by atoms with Crippen molar-refractivity contribution < 1.29 is 19.6 Å². The lowest BCUT2D eigenvalue weighted by atomic mass is 9.86. The largest absolute Gasteiger partial charge is 0.478 e. The van der Waals surface area contributed by atoms with Gasteiger partial charge < -0.3 is 10.4 Å². The average molecular weight is 398 g/mol. The second kappa shape index (κ2) is 8.86.